The first-order chi connectivity index (χ1) is 14.1. The van der Waals surface area contributed by atoms with Gasteiger partial charge in [0.2, 0.25) is 0 Å². The van der Waals surface area contributed by atoms with Crippen LogP contribution in [0, 0.1) is 0 Å². The van der Waals surface area contributed by atoms with Gasteiger partial charge in [-0.2, -0.15) is 5.10 Å². The Bertz CT molecular complexity index is 1030. The fourth-order valence-corrected chi connectivity index (χ4v) is 3.96. The number of rotatable bonds is 4. The van der Waals surface area contributed by atoms with E-state index in [1.807, 2.05) is 54.3 Å². The van der Waals surface area contributed by atoms with E-state index in [4.69, 9.17) is 11.6 Å². The number of piperazine rings is 1. The highest BCUT2D eigenvalue weighted by molar-refractivity contribution is 6.30. The molecular weight excluding hydrogens is 388 g/mol. The standard InChI is InChI=1S/C22H23ClN4O2/c1-2-19-18(15-24-27(19)17-7-5-6-16(23)14-17)22(29)26-12-10-25(11-13-26)20-8-3-4-9-21(20)28/h3-9,14-15,28H,2,10-13H2,1H3. The Morgan fingerprint density at radius 2 is 1.86 bits per heavy atom. The van der Waals surface area contributed by atoms with Gasteiger partial charge in [-0.05, 0) is 36.8 Å². The topological polar surface area (TPSA) is 61.6 Å². The van der Waals surface area contributed by atoms with Gasteiger partial charge < -0.3 is 14.9 Å². The molecule has 0 saturated carbocycles. The minimum atomic E-state index is -0.00735. The molecule has 6 nitrogen and oxygen atoms in total. The summed E-state index contributed by atoms with van der Waals surface area (Å²) in [7, 11) is 0. The maximum Gasteiger partial charge on any atom is 0.257 e. The zero-order valence-corrected chi connectivity index (χ0v) is 17.0. The van der Waals surface area contributed by atoms with E-state index in [1.54, 1.807) is 16.9 Å². The number of hydrogen-bond donors (Lipinski definition) is 1. The number of carbonyl (C=O) groups excluding carboxylic acids is 1. The Morgan fingerprint density at radius 3 is 2.55 bits per heavy atom. The van der Waals surface area contributed by atoms with Crippen LogP contribution in [0.3, 0.4) is 0 Å². The number of nitrogens with zero attached hydrogens (tertiary/aromatic N) is 4. The number of halogens is 1. The average molecular weight is 411 g/mol. The molecule has 1 aliphatic rings. The van der Waals surface area contributed by atoms with Gasteiger partial charge in [-0.1, -0.05) is 36.7 Å². The first-order valence-electron chi connectivity index (χ1n) is 9.73. The number of amides is 1. The van der Waals surface area contributed by atoms with E-state index < -0.39 is 0 Å². The number of para-hydroxylation sites is 2. The minimum absolute atomic E-state index is 0.00735. The SMILES string of the molecule is CCc1c(C(=O)N2CCN(c3ccccc3O)CC2)cnn1-c1cccc(Cl)c1. The smallest absolute Gasteiger partial charge is 0.257 e. The predicted octanol–water partition coefficient (Wildman–Crippen LogP) is 3.76. The van der Waals surface area contributed by atoms with Crippen molar-refractivity contribution in [2.45, 2.75) is 13.3 Å². The summed E-state index contributed by atoms with van der Waals surface area (Å²) in [4.78, 5) is 17.1. The molecular formula is C22H23ClN4O2. The van der Waals surface area contributed by atoms with Crippen LogP contribution in [-0.4, -0.2) is 51.9 Å². The van der Waals surface area contributed by atoms with Gasteiger partial charge in [0.15, 0.2) is 0 Å². The van der Waals surface area contributed by atoms with Gasteiger partial charge in [0.05, 0.1) is 28.8 Å². The van der Waals surface area contributed by atoms with Gasteiger partial charge in [0.25, 0.3) is 5.91 Å². The number of anilines is 1. The summed E-state index contributed by atoms with van der Waals surface area (Å²) >= 11 is 6.12. The van der Waals surface area contributed by atoms with Crippen LogP contribution in [0.5, 0.6) is 5.75 Å². The highest BCUT2D eigenvalue weighted by Gasteiger charge is 2.26. The zero-order chi connectivity index (χ0) is 20.4. The lowest BCUT2D eigenvalue weighted by molar-refractivity contribution is 0.0745. The van der Waals surface area contributed by atoms with Gasteiger partial charge in [0, 0.05) is 31.2 Å². The highest BCUT2D eigenvalue weighted by Crippen LogP contribution is 2.28. The van der Waals surface area contributed by atoms with Crippen LogP contribution in [0.25, 0.3) is 5.69 Å². The Hall–Kier alpha value is -2.99. The summed E-state index contributed by atoms with van der Waals surface area (Å²) in [5.74, 6) is 0.260. The van der Waals surface area contributed by atoms with E-state index in [1.165, 1.54) is 0 Å². The monoisotopic (exact) mass is 410 g/mol. The lowest BCUT2D eigenvalue weighted by atomic mass is 10.1. The van der Waals surface area contributed by atoms with Crippen molar-refractivity contribution in [2.75, 3.05) is 31.1 Å². The molecule has 1 fully saturated rings. The van der Waals surface area contributed by atoms with Crippen LogP contribution in [0.15, 0.2) is 54.7 Å². The van der Waals surface area contributed by atoms with Crippen LogP contribution in [-0.2, 0) is 6.42 Å². The van der Waals surface area contributed by atoms with Crippen molar-refractivity contribution in [1.29, 1.82) is 0 Å². The van der Waals surface area contributed by atoms with Gasteiger partial charge >= 0.3 is 0 Å². The minimum Gasteiger partial charge on any atom is -0.506 e. The molecule has 0 aliphatic carbocycles. The molecule has 0 radical (unpaired) electrons. The number of aromatic nitrogens is 2. The van der Waals surface area contributed by atoms with E-state index >= 15 is 0 Å². The lowest BCUT2D eigenvalue weighted by Gasteiger charge is -2.36. The Morgan fingerprint density at radius 1 is 1.10 bits per heavy atom. The molecule has 0 atom stereocenters. The van der Waals surface area contributed by atoms with Crippen molar-refractivity contribution in [3.63, 3.8) is 0 Å². The Balaban J connectivity index is 1.52. The molecule has 0 bridgehead atoms. The maximum atomic E-state index is 13.2. The molecule has 1 aromatic heterocycles. The summed E-state index contributed by atoms with van der Waals surface area (Å²) in [6, 6.07) is 14.8. The third kappa shape index (κ3) is 3.80. The molecule has 1 saturated heterocycles. The number of phenolic OH excluding ortho intramolecular Hbond substituents is 1. The van der Waals surface area contributed by atoms with Crippen LogP contribution in [0.4, 0.5) is 5.69 Å². The summed E-state index contributed by atoms with van der Waals surface area (Å²) in [6.07, 6.45) is 2.34. The summed E-state index contributed by atoms with van der Waals surface area (Å²) in [6.45, 7) is 4.56. The molecule has 1 amide bonds. The molecule has 0 spiro atoms. The molecule has 1 aliphatic heterocycles. The first kappa shape index (κ1) is 19.3. The van der Waals surface area contributed by atoms with Crippen molar-refractivity contribution in [3.8, 4) is 11.4 Å². The molecule has 7 heteroatoms. The van der Waals surface area contributed by atoms with E-state index in [0.29, 0.717) is 43.2 Å². The molecule has 2 aromatic carbocycles. The quantitative estimate of drug-likeness (QED) is 0.711. The zero-order valence-electron chi connectivity index (χ0n) is 16.3. The fraction of sp³-hybridized carbons (Fsp3) is 0.273. The van der Waals surface area contributed by atoms with Crippen molar-refractivity contribution >= 4 is 23.2 Å². The van der Waals surface area contributed by atoms with Gasteiger partial charge in [0.1, 0.15) is 5.75 Å². The maximum absolute atomic E-state index is 13.2. The molecule has 3 aromatic rings. The van der Waals surface area contributed by atoms with Gasteiger partial charge in [-0.3, -0.25) is 4.79 Å². The highest BCUT2D eigenvalue weighted by atomic mass is 35.5. The molecule has 1 N–H and O–H groups in total. The van der Waals surface area contributed by atoms with E-state index in [2.05, 4.69) is 10.00 Å². The third-order valence-electron chi connectivity index (χ3n) is 5.28. The van der Waals surface area contributed by atoms with Crippen molar-refractivity contribution in [1.82, 2.24) is 14.7 Å². The van der Waals surface area contributed by atoms with Crippen LogP contribution in [0.1, 0.15) is 23.0 Å². The van der Waals surface area contributed by atoms with E-state index in [-0.39, 0.29) is 11.7 Å². The number of benzene rings is 2. The molecule has 150 valence electrons. The predicted molar refractivity (Wildman–Crippen MR) is 114 cm³/mol. The second-order valence-electron chi connectivity index (χ2n) is 7.02. The second kappa shape index (κ2) is 8.17. The van der Waals surface area contributed by atoms with Gasteiger partial charge in [-0.15, -0.1) is 0 Å². The van der Waals surface area contributed by atoms with E-state index in [0.717, 1.165) is 17.1 Å². The van der Waals surface area contributed by atoms with Gasteiger partial charge in [-0.25, -0.2) is 4.68 Å². The van der Waals surface area contributed by atoms with Crippen molar-refractivity contribution in [2.24, 2.45) is 0 Å². The number of hydrogen-bond acceptors (Lipinski definition) is 4. The fourth-order valence-electron chi connectivity index (χ4n) is 3.78. The molecule has 0 unspecified atom stereocenters. The normalized spacial score (nSPS) is 14.3. The largest absolute Gasteiger partial charge is 0.506 e. The molecule has 2 heterocycles. The molecule has 29 heavy (non-hydrogen) atoms. The van der Waals surface area contributed by atoms with Crippen molar-refractivity contribution in [3.05, 3.63) is 71.0 Å². The number of phenols is 1. The average Bonchev–Trinajstić information content (AvgIpc) is 3.18. The first-order valence-corrected chi connectivity index (χ1v) is 10.1. The summed E-state index contributed by atoms with van der Waals surface area (Å²) < 4.78 is 1.79. The van der Waals surface area contributed by atoms with Crippen molar-refractivity contribution < 1.29 is 9.90 Å². The third-order valence-corrected chi connectivity index (χ3v) is 5.51. The Labute approximate surface area is 174 Å². The molecule has 4 rings (SSSR count). The summed E-state index contributed by atoms with van der Waals surface area (Å²) in [5.41, 5.74) is 3.16. The number of carbonyl (C=O) groups is 1. The van der Waals surface area contributed by atoms with Crippen LogP contribution in [0.2, 0.25) is 5.02 Å². The van der Waals surface area contributed by atoms with E-state index in [9.17, 15) is 9.90 Å². The van der Waals surface area contributed by atoms with Crippen LogP contribution >= 0.6 is 11.6 Å². The number of aromatic hydroxyl groups is 1. The van der Waals surface area contributed by atoms with Crippen LogP contribution < -0.4 is 4.90 Å². The second-order valence-corrected chi connectivity index (χ2v) is 7.45. The lowest BCUT2D eigenvalue weighted by Crippen LogP contribution is -2.49. The Kier molecular flexibility index (Phi) is 5.45. The summed E-state index contributed by atoms with van der Waals surface area (Å²) in [5, 5.41) is 15.2.